The van der Waals surface area contributed by atoms with Crippen LogP contribution in [0.1, 0.15) is 37.3 Å². The molecule has 2 atom stereocenters. The normalized spacial score (nSPS) is 18.1. The van der Waals surface area contributed by atoms with Crippen LogP contribution < -0.4 is 24.8 Å². The maximum atomic E-state index is 12.4. The third kappa shape index (κ3) is 4.56. The molecule has 0 saturated carbocycles. The van der Waals surface area contributed by atoms with Gasteiger partial charge in [0.25, 0.3) is 0 Å². The molecule has 1 saturated heterocycles. The van der Waals surface area contributed by atoms with Crippen molar-refractivity contribution >= 4 is 22.8 Å². The van der Waals surface area contributed by atoms with Crippen molar-refractivity contribution < 1.29 is 23.7 Å². The lowest BCUT2D eigenvalue weighted by molar-refractivity contribution is 0.135. The van der Waals surface area contributed by atoms with Crippen LogP contribution in [0.15, 0.2) is 42.6 Å². The number of rotatable bonds is 8. The highest BCUT2D eigenvalue weighted by atomic mass is 16.6. The molecule has 34 heavy (non-hydrogen) atoms. The minimum Gasteiger partial charge on any atom is -0.486 e. The molecule has 3 aromatic rings. The number of nitrogens with two attached hydrogens (primary N) is 1. The van der Waals surface area contributed by atoms with Gasteiger partial charge in [0.1, 0.15) is 19.3 Å². The summed E-state index contributed by atoms with van der Waals surface area (Å²) in [7, 11) is 1.59. The number of cyclic esters (lactones) is 1. The topological polar surface area (TPSA) is 109 Å². The summed E-state index contributed by atoms with van der Waals surface area (Å²) in [5.41, 5.74) is 9.78. The van der Waals surface area contributed by atoms with Crippen molar-refractivity contribution in [2.24, 2.45) is 5.73 Å². The van der Waals surface area contributed by atoms with Gasteiger partial charge in [-0.1, -0.05) is 6.42 Å². The van der Waals surface area contributed by atoms with Gasteiger partial charge >= 0.3 is 6.09 Å². The standard InChI is InChI=1S/C25H28N4O5/c1-31-23-9-7-20-24(28-23)18(10-11-27-20)19(26)5-3-2-4-17-15-29(25(30)34-17)16-6-8-21-22(14-16)33-13-12-32-21/h6-11,14,17,19H,2-5,12-13,15,26H2,1H3/t17-,19+/m1/s1. The number of fused-ring (bicyclic) bond motifs is 2. The Morgan fingerprint density at radius 3 is 2.85 bits per heavy atom. The molecule has 0 bridgehead atoms. The Morgan fingerprint density at radius 2 is 2.00 bits per heavy atom. The van der Waals surface area contributed by atoms with Gasteiger partial charge in [0.15, 0.2) is 11.5 Å². The van der Waals surface area contributed by atoms with Gasteiger partial charge in [0, 0.05) is 24.4 Å². The lowest BCUT2D eigenvalue weighted by atomic mass is 9.99. The first-order valence-corrected chi connectivity index (χ1v) is 11.6. The number of unbranched alkanes of at least 4 members (excludes halogenated alkanes) is 1. The summed E-state index contributed by atoms with van der Waals surface area (Å²) in [5.74, 6) is 1.90. The first-order chi connectivity index (χ1) is 16.6. The van der Waals surface area contributed by atoms with Crippen LogP contribution in [0.2, 0.25) is 0 Å². The largest absolute Gasteiger partial charge is 0.486 e. The van der Waals surface area contributed by atoms with Crippen molar-refractivity contribution in [2.75, 3.05) is 31.8 Å². The number of anilines is 1. The monoisotopic (exact) mass is 464 g/mol. The fraction of sp³-hybridized carbons (Fsp3) is 0.400. The van der Waals surface area contributed by atoms with Gasteiger partial charge in [-0.2, -0.15) is 0 Å². The molecule has 2 aromatic heterocycles. The number of methoxy groups -OCH3 is 1. The molecule has 0 aliphatic carbocycles. The second-order valence-corrected chi connectivity index (χ2v) is 8.46. The maximum absolute atomic E-state index is 12.4. The Labute approximate surface area is 197 Å². The maximum Gasteiger partial charge on any atom is 0.414 e. The van der Waals surface area contributed by atoms with E-state index in [1.165, 1.54) is 0 Å². The minimum absolute atomic E-state index is 0.149. The van der Waals surface area contributed by atoms with E-state index in [-0.39, 0.29) is 18.2 Å². The number of amides is 1. The number of nitrogens with zero attached hydrogens (tertiary/aromatic N) is 3. The summed E-state index contributed by atoms with van der Waals surface area (Å²) in [4.78, 5) is 23.0. The first-order valence-electron chi connectivity index (χ1n) is 11.6. The van der Waals surface area contributed by atoms with Gasteiger partial charge in [-0.15, -0.1) is 0 Å². The quantitative estimate of drug-likeness (QED) is 0.499. The average molecular weight is 465 g/mol. The molecular weight excluding hydrogens is 436 g/mol. The van der Waals surface area contributed by atoms with E-state index in [1.54, 1.807) is 24.3 Å². The highest BCUT2D eigenvalue weighted by Crippen LogP contribution is 2.35. The Balaban J connectivity index is 1.14. The second-order valence-electron chi connectivity index (χ2n) is 8.46. The van der Waals surface area contributed by atoms with E-state index in [1.807, 2.05) is 30.3 Å². The summed E-state index contributed by atoms with van der Waals surface area (Å²) in [6.45, 7) is 1.56. The Kier molecular flexibility index (Phi) is 6.35. The van der Waals surface area contributed by atoms with Crippen molar-refractivity contribution in [1.29, 1.82) is 0 Å². The summed E-state index contributed by atoms with van der Waals surface area (Å²) in [6, 6.07) is 11.0. The average Bonchev–Trinajstić information content (AvgIpc) is 3.25. The highest BCUT2D eigenvalue weighted by molar-refractivity contribution is 5.90. The van der Waals surface area contributed by atoms with Crippen LogP contribution in [-0.2, 0) is 4.74 Å². The molecule has 0 unspecified atom stereocenters. The summed E-state index contributed by atoms with van der Waals surface area (Å²) >= 11 is 0. The predicted molar refractivity (Wildman–Crippen MR) is 127 cm³/mol. The number of benzene rings is 1. The van der Waals surface area contributed by atoms with E-state index in [0.29, 0.717) is 37.1 Å². The lowest BCUT2D eigenvalue weighted by Crippen LogP contribution is -2.25. The number of pyridine rings is 2. The molecule has 0 spiro atoms. The summed E-state index contributed by atoms with van der Waals surface area (Å²) in [5, 5.41) is 0. The number of aromatic nitrogens is 2. The van der Waals surface area contributed by atoms with Crippen molar-refractivity contribution in [3.05, 3.63) is 48.2 Å². The van der Waals surface area contributed by atoms with Crippen LogP contribution >= 0.6 is 0 Å². The molecule has 2 N–H and O–H groups in total. The molecule has 9 heteroatoms. The van der Waals surface area contributed by atoms with Crippen LogP contribution in [0.25, 0.3) is 11.0 Å². The van der Waals surface area contributed by atoms with E-state index < -0.39 is 0 Å². The zero-order chi connectivity index (χ0) is 23.5. The van der Waals surface area contributed by atoms with Crippen LogP contribution in [0.3, 0.4) is 0 Å². The fourth-order valence-corrected chi connectivity index (χ4v) is 4.41. The van der Waals surface area contributed by atoms with Crippen LogP contribution in [0.4, 0.5) is 10.5 Å². The van der Waals surface area contributed by atoms with Crippen molar-refractivity contribution in [3.8, 4) is 17.4 Å². The van der Waals surface area contributed by atoms with Crippen LogP contribution in [0.5, 0.6) is 17.4 Å². The SMILES string of the molecule is COc1ccc2nccc([C@@H](N)CCCC[C@@H]3CN(c4ccc5c(c4)OCCO5)C(=O)O3)c2n1. The van der Waals surface area contributed by atoms with Crippen LogP contribution in [-0.4, -0.2) is 49.0 Å². The first kappa shape index (κ1) is 22.2. The molecule has 5 rings (SSSR count). The Morgan fingerprint density at radius 1 is 1.15 bits per heavy atom. The van der Waals surface area contributed by atoms with Gasteiger partial charge in [0.05, 0.1) is 30.4 Å². The van der Waals surface area contributed by atoms with Gasteiger partial charge in [-0.05, 0) is 49.1 Å². The Hall–Kier alpha value is -3.59. The molecule has 0 radical (unpaired) electrons. The molecule has 2 aliphatic heterocycles. The van der Waals surface area contributed by atoms with E-state index in [2.05, 4.69) is 9.97 Å². The lowest BCUT2D eigenvalue weighted by Gasteiger charge is -2.21. The van der Waals surface area contributed by atoms with E-state index in [9.17, 15) is 4.79 Å². The zero-order valence-electron chi connectivity index (χ0n) is 19.1. The molecule has 1 aromatic carbocycles. The molecule has 1 fully saturated rings. The van der Waals surface area contributed by atoms with Gasteiger partial charge in [-0.3, -0.25) is 9.88 Å². The zero-order valence-corrected chi connectivity index (χ0v) is 19.1. The minimum atomic E-state index is -0.332. The third-order valence-corrected chi connectivity index (χ3v) is 6.20. The molecule has 9 nitrogen and oxygen atoms in total. The number of hydrogen-bond acceptors (Lipinski definition) is 8. The highest BCUT2D eigenvalue weighted by Gasteiger charge is 2.32. The van der Waals surface area contributed by atoms with Gasteiger partial charge in [-0.25, -0.2) is 9.78 Å². The van der Waals surface area contributed by atoms with E-state index >= 15 is 0 Å². The number of carbonyl (C=O) groups is 1. The fourth-order valence-electron chi connectivity index (χ4n) is 4.41. The van der Waals surface area contributed by atoms with Crippen molar-refractivity contribution in [2.45, 2.75) is 37.8 Å². The van der Waals surface area contributed by atoms with E-state index in [0.717, 1.165) is 48.0 Å². The molecule has 178 valence electrons. The molecular formula is C25H28N4O5. The predicted octanol–water partition coefficient (Wildman–Crippen LogP) is 4.00. The van der Waals surface area contributed by atoms with Crippen molar-refractivity contribution in [1.82, 2.24) is 9.97 Å². The van der Waals surface area contributed by atoms with Crippen molar-refractivity contribution in [3.63, 3.8) is 0 Å². The smallest absolute Gasteiger partial charge is 0.414 e. The van der Waals surface area contributed by atoms with Gasteiger partial charge < -0.3 is 24.7 Å². The summed E-state index contributed by atoms with van der Waals surface area (Å²) in [6.07, 6.45) is 4.67. The molecule has 4 heterocycles. The van der Waals surface area contributed by atoms with E-state index in [4.69, 9.17) is 24.7 Å². The molecule has 1 amide bonds. The third-order valence-electron chi connectivity index (χ3n) is 6.20. The number of hydrogen-bond donors (Lipinski definition) is 1. The van der Waals surface area contributed by atoms with Crippen LogP contribution in [0, 0.1) is 0 Å². The number of ether oxygens (including phenoxy) is 4. The van der Waals surface area contributed by atoms with Gasteiger partial charge in [0.2, 0.25) is 5.88 Å². The summed E-state index contributed by atoms with van der Waals surface area (Å²) < 4.78 is 22.0. The number of carbonyl (C=O) groups excluding carboxylic acids is 1. The second kappa shape index (κ2) is 9.72. The molecule has 2 aliphatic rings. The Bertz CT molecular complexity index is 1190.